The van der Waals surface area contributed by atoms with E-state index in [1.54, 1.807) is 0 Å². The summed E-state index contributed by atoms with van der Waals surface area (Å²) in [6.07, 6.45) is 0.342. The van der Waals surface area contributed by atoms with Gasteiger partial charge in [-0.3, -0.25) is 14.4 Å². The van der Waals surface area contributed by atoms with Gasteiger partial charge in [0.05, 0.1) is 6.54 Å². The molecule has 13 heavy (non-hydrogen) atoms. The lowest BCUT2D eigenvalue weighted by atomic mass is 10.4. The number of hydrazine groups is 2. The van der Waals surface area contributed by atoms with Crippen LogP contribution in [0.15, 0.2) is 0 Å². The minimum atomic E-state index is -0.353. The maximum atomic E-state index is 11.1. The molecule has 0 aromatic rings. The summed E-state index contributed by atoms with van der Waals surface area (Å²) in [4.78, 5) is 32.8. The molecule has 1 fully saturated rings. The average Bonchev–Trinajstić information content (AvgIpc) is 2.29. The molecule has 1 aliphatic heterocycles. The summed E-state index contributed by atoms with van der Waals surface area (Å²) in [6, 6.07) is 0. The van der Waals surface area contributed by atoms with Crippen LogP contribution in [0.2, 0.25) is 0 Å². The Hall–Kier alpha value is -1.27. The van der Waals surface area contributed by atoms with Gasteiger partial charge in [0.25, 0.3) is 0 Å². The van der Waals surface area contributed by atoms with Gasteiger partial charge >= 0.3 is 0 Å². The van der Waals surface area contributed by atoms with Crippen molar-refractivity contribution in [1.82, 2.24) is 10.1 Å². The highest BCUT2D eigenvalue weighted by Gasteiger charge is 2.32. The first-order valence-corrected chi connectivity index (χ1v) is 3.89. The number of carbonyl (C=O) groups is 3. The first kappa shape index (κ1) is 9.82. The SMILES string of the molecule is CC(=O)CN(N)N1C(=O)CCC1=O. The summed E-state index contributed by atoms with van der Waals surface area (Å²) in [7, 11) is 0. The summed E-state index contributed by atoms with van der Waals surface area (Å²) in [5, 5.41) is 1.68. The van der Waals surface area contributed by atoms with E-state index in [4.69, 9.17) is 5.84 Å². The third-order valence-corrected chi connectivity index (χ3v) is 1.67. The second-order valence-electron chi connectivity index (χ2n) is 2.90. The quantitative estimate of drug-likeness (QED) is 0.340. The van der Waals surface area contributed by atoms with Crippen LogP contribution in [0, 0.1) is 0 Å². The molecule has 72 valence electrons. The molecular formula is C7H11N3O3. The summed E-state index contributed by atoms with van der Waals surface area (Å²) in [5.74, 6) is 4.45. The van der Waals surface area contributed by atoms with Crippen molar-refractivity contribution in [2.75, 3.05) is 6.54 Å². The predicted molar refractivity (Wildman–Crippen MR) is 42.7 cm³/mol. The molecule has 0 unspecified atom stereocenters. The Bertz CT molecular complexity index is 248. The Morgan fingerprint density at radius 1 is 1.46 bits per heavy atom. The molecule has 0 aliphatic carbocycles. The molecule has 2 amide bonds. The molecule has 0 bridgehead atoms. The smallest absolute Gasteiger partial charge is 0.245 e. The zero-order valence-corrected chi connectivity index (χ0v) is 7.32. The first-order valence-electron chi connectivity index (χ1n) is 3.89. The fraction of sp³-hybridized carbons (Fsp3) is 0.571. The molecule has 0 atom stereocenters. The van der Waals surface area contributed by atoms with Crippen LogP contribution >= 0.6 is 0 Å². The van der Waals surface area contributed by atoms with Gasteiger partial charge in [-0.15, -0.1) is 5.12 Å². The lowest BCUT2D eigenvalue weighted by Gasteiger charge is -2.23. The van der Waals surface area contributed by atoms with Gasteiger partial charge in [-0.25, -0.2) is 5.84 Å². The molecule has 0 radical (unpaired) electrons. The van der Waals surface area contributed by atoms with Crippen LogP contribution in [0.25, 0.3) is 0 Å². The molecule has 0 saturated carbocycles. The minimum absolute atomic E-state index is 0.128. The van der Waals surface area contributed by atoms with E-state index in [1.807, 2.05) is 0 Å². The lowest BCUT2D eigenvalue weighted by Crippen LogP contribution is -2.52. The Morgan fingerprint density at radius 2 is 1.92 bits per heavy atom. The van der Waals surface area contributed by atoms with Gasteiger partial charge in [-0.2, -0.15) is 5.01 Å². The van der Waals surface area contributed by atoms with E-state index in [0.717, 1.165) is 10.1 Å². The van der Waals surface area contributed by atoms with Crippen LogP contribution in [0.4, 0.5) is 0 Å². The Labute approximate surface area is 75.2 Å². The van der Waals surface area contributed by atoms with E-state index in [0.29, 0.717) is 0 Å². The molecule has 2 N–H and O–H groups in total. The molecular weight excluding hydrogens is 174 g/mol. The monoisotopic (exact) mass is 185 g/mol. The summed E-state index contributed by atoms with van der Waals surface area (Å²) >= 11 is 0. The van der Waals surface area contributed by atoms with E-state index in [-0.39, 0.29) is 37.0 Å². The molecule has 6 heteroatoms. The molecule has 1 rings (SSSR count). The number of imide groups is 1. The number of ketones is 1. The van der Waals surface area contributed by atoms with Crippen molar-refractivity contribution in [3.8, 4) is 0 Å². The molecule has 0 aromatic carbocycles. The van der Waals surface area contributed by atoms with Crippen molar-refractivity contribution in [3.05, 3.63) is 0 Å². The van der Waals surface area contributed by atoms with Crippen molar-refractivity contribution in [3.63, 3.8) is 0 Å². The van der Waals surface area contributed by atoms with Crippen LogP contribution in [0.3, 0.4) is 0 Å². The van der Waals surface area contributed by atoms with Gasteiger partial charge < -0.3 is 0 Å². The molecule has 1 saturated heterocycles. The summed E-state index contributed by atoms with van der Waals surface area (Å²) < 4.78 is 0. The van der Waals surface area contributed by atoms with Crippen molar-refractivity contribution >= 4 is 17.6 Å². The summed E-state index contributed by atoms with van der Waals surface area (Å²) in [6.45, 7) is 1.21. The van der Waals surface area contributed by atoms with Gasteiger partial charge in [0.15, 0.2) is 0 Å². The molecule has 1 heterocycles. The number of amides is 2. The van der Waals surface area contributed by atoms with Gasteiger partial charge in [0.2, 0.25) is 11.8 Å². The maximum Gasteiger partial charge on any atom is 0.245 e. The number of rotatable bonds is 3. The zero-order chi connectivity index (χ0) is 10.0. The van der Waals surface area contributed by atoms with E-state index in [1.165, 1.54) is 6.92 Å². The minimum Gasteiger partial charge on any atom is -0.298 e. The van der Waals surface area contributed by atoms with E-state index in [9.17, 15) is 14.4 Å². The zero-order valence-electron chi connectivity index (χ0n) is 7.32. The van der Waals surface area contributed by atoms with Crippen LogP contribution in [-0.2, 0) is 14.4 Å². The standard InChI is InChI=1S/C7H11N3O3/c1-5(11)4-9(8)10-6(12)2-3-7(10)13/h2-4,8H2,1H3. The van der Waals surface area contributed by atoms with Crippen LogP contribution < -0.4 is 5.84 Å². The highest BCUT2D eigenvalue weighted by molar-refractivity contribution is 6.01. The molecule has 0 spiro atoms. The molecule has 6 nitrogen and oxygen atoms in total. The lowest BCUT2D eigenvalue weighted by molar-refractivity contribution is -0.158. The Kier molecular flexibility index (Phi) is 2.74. The number of nitrogens with zero attached hydrogens (tertiary/aromatic N) is 2. The van der Waals surface area contributed by atoms with Crippen LogP contribution in [0.1, 0.15) is 19.8 Å². The van der Waals surface area contributed by atoms with E-state index in [2.05, 4.69) is 0 Å². The number of hydrogen-bond donors (Lipinski definition) is 1. The second kappa shape index (κ2) is 3.63. The first-order chi connectivity index (χ1) is 6.02. The highest BCUT2D eigenvalue weighted by Crippen LogP contribution is 2.11. The van der Waals surface area contributed by atoms with Crippen LogP contribution in [0.5, 0.6) is 0 Å². The van der Waals surface area contributed by atoms with Crippen molar-refractivity contribution in [2.45, 2.75) is 19.8 Å². The second-order valence-corrected chi connectivity index (χ2v) is 2.90. The van der Waals surface area contributed by atoms with Crippen LogP contribution in [-0.4, -0.2) is 34.3 Å². The summed E-state index contributed by atoms with van der Waals surface area (Å²) in [5.41, 5.74) is 0. The van der Waals surface area contributed by atoms with Gasteiger partial charge in [-0.1, -0.05) is 0 Å². The third-order valence-electron chi connectivity index (χ3n) is 1.67. The number of nitrogens with two attached hydrogens (primary N) is 1. The van der Waals surface area contributed by atoms with Gasteiger partial charge in [0.1, 0.15) is 5.78 Å². The number of hydrogen-bond acceptors (Lipinski definition) is 5. The fourth-order valence-corrected chi connectivity index (χ4v) is 1.15. The predicted octanol–water partition coefficient (Wildman–Crippen LogP) is -1.18. The van der Waals surface area contributed by atoms with Crippen molar-refractivity contribution in [1.29, 1.82) is 0 Å². The van der Waals surface area contributed by atoms with Gasteiger partial charge in [-0.05, 0) is 6.92 Å². The molecule has 0 aromatic heterocycles. The average molecular weight is 185 g/mol. The number of Topliss-reactive ketones (excluding diaryl/α,β-unsaturated/α-hetero) is 1. The number of carbonyl (C=O) groups excluding carboxylic acids is 3. The van der Waals surface area contributed by atoms with Crippen molar-refractivity contribution in [2.24, 2.45) is 5.84 Å². The molecule has 1 aliphatic rings. The Morgan fingerprint density at radius 3 is 2.31 bits per heavy atom. The highest BCUT2D eigenvalue weighted by atomic mass is 16.2. The fourth-order valence-electron chi connectivity index (χ4n) is 1.15. The van der Waals surface area contributed by atoms with Crippen molar-refractivity contribution < 1.29 is 14.4 Å². The Balaban J connectivity index is 2.64. The van der Waals surface area contributed by atoms with E-state index < -0.39 is 0 Å². The largest absolute Gasteiger partial charge is 0.298 e. The maximum absolute atomic E-state index is 11.1. The third kappa shape index (κ3) is 2.10. The normalized spacial score (nSPS) is 17.3. The topological polar surface area (TPSA) is 83.7 Å². The van der Waals surface area contributed by atoms with Gasteiger partial charge in [0, 0.05) is 12.8 Å². The van der Waals surface area contributed by atoms with E-state index >= 15 is 0 Å².